The molecule has 0 aliphatic carbocycles. The molecular formula is C15H26N4. The number of anilines is 2. The standard InChI is InChI=1S/C15H26N4/c1-5-12-8-7-9-19(10-12)15-11(3)14(16-4)17-13(6-2)18-15/h12H,5-10H2,1-4H3,(H,16,17,18). The van der Waals surface area contributed by atoms with Gasteiger partial charge >= 0.3 is 0 Å². The van der Waals surface area contributed by atoms with E-state index < -0.39 is 0 Å². The Labute approximate surface area is 116 Å². The maximum atomic E-state index is 4.77. The van der Waals surface area contributed by atoms with E-state index in [1.54, 1.807) is 0 Å². The van der Waals surface area contributed by atoms with Crippen LogP contribution in [0.3, 0.4) is 0 Å². The van der Waals surface area contributed by atoms with Crippen LogP contribution in [0.1, 0.15) is 44.5 Å². The summed E-state index contributed by atoms with van der Waals surface area (Å²) in [5, 5.41) is 3.20. The number of nitrogens with one attached hydrogen (secondary N) is 1. The lowest BCUT2D eigenvalue weighted by Crippen LogP contribution is -2.36. The van der Waals surface area contributed by atoms with Crippen LogP contribution in [0.2, 0.25) is 0 Å². The average Bonchev–Trinajstić information content (AvgIpc) is 2.47. The summed E-state index contributed by atoms with van der Waals surface area (Å²) in [6, 6.07) is 0. The molecule has 19 heavy (non-hydrogen) atoms. The van der Waals surface area contributed by atoms with E-state index in [9.17, 15) is 0 Å². The normalized spacial score (nSPS) is 19.6. The molecule has 106 valence electrons. The molecule has 2 rings (SSSR count). The van der Waals surface area contributed by atoms with Crippen LogP contribution in [0, 0.1) is 12.8 Å². The van der Waals surface area contributed by atoms with Crippen LogP contribution in [0.5, 0.6) is 0 Å². The van der Waals surface area contributed by atoms with Crippen molar-refractivity contribution in [2.24, 2.45) is 5.92 Å². The molecule has 2 heterocycles. The van der Waals surface area contributed by atoms with Crippen LogP contribution in [-0.4, -0.2) is 30.1 Å². The fourth-order valence-corrected chi connectivity index (χ4v) is 2.85. The van der Waals surface area contributed by atoms with Crippen LogP contribution >= 0.6 is 0 Å². The largest absolute Gasteiger partial charge is 0.373 e. The summed E-state index contributed by atoms with van der Waals surface area (Å²) in [5.74, 6) is 3.85. The van der Waals surface area contributed by atoms with Gasteiger partial charge in [0.25, 0.3) is 0 Å². The molecule has 4 heteroatoms. The van der Waals surface area contributed by atoms with Crippen molar-refractivity contribution in [1.29, 1.82) is 0 Å². The van der Waals surface area contributed by atoms with E-state index in [1.807, 2.05) is 7.05 Å². The molecule has 1 unspecified atom stereocenters. The highest BCUT2D eigenvalue weighted by molar-refractivity contribution is 5.58. The monoisotopic (exact) mass is 262 g/mol. The van der Waals surface area contributed by atoms with Gasteiger partial charge in [0.2, 0.25) is 0 Å². The second kappa shape index (κ2) is 6.22. The third-order valence-corrected chi connectivity index (χ3v) is 4.12. The van der Waals surface area contributed by atoms with E-state index in [1.165, 1.54) is 24.8 Å². The van der Waals surface area contributed by atoms with Gasteiger partial charge in [0, 0.05) is 32.1 Å². The van der Waals surface area contributed by atoms with Crippen LogP contribution in [0.25, 0.3) is 0 Å². The lowest BCUT2D eigenvalue weighted by molar-refractivity contribution is 0.402. The fourth-order valence-electron chi connectivity index (χ4n) is 2.85. The van der Waals surface area contributed by atoms with Crippen molar-refractivity contribution in [3.05, 3.63) is 11.4 Å². The predicted octanol–water partition coefficient (Wildman–Crippen LogP) is 3.02. The molecule has 1 N–H and O–H groups in total. The van der Waals surface area contributed by atoms with Crippen molar-refractivity contribution in [3.63, 3.8) is 0 Å². The smallest absolute Gasteiger partial charge is 0.137 e. The molecule has 1 aliphatic rings. The number of aryl methyl sites for hydroxylation is 1. The molecule has 0 radical (unpaired) electrons. The molecule has 1 aromatic rings. The van der Waals surface area contributed by atoms with E-state index in [0.29, 0.717) is 0 Å². The second-order valence-electron chi connectivity index (χ2n) is 5.40. The maximum Gasteiger partial charge on any atom is 0.137 e. The summed E-state index contributed by atoms with van der Waals surface area (Å²) in [5.41, 5.74) is 1.18. The third kappa shape index (κ3) is 2.99. The van der Waals surface area contributed by atoms with Crippen molar-refractivity contribution in [3.8, 4) is 0 Å². The van der Waals surface area contributed by atoms with Gasteiger partial charge in [-0.15, -0.1) is 0 Å². The van der Waals surface area contributed by atoms with Crippen LogP contribution in [0.15, 0.2) is 0 Å². The van der Waals surface area contributed by atoms with E-state index in [-0.39, 0.29) is 0 Å². The Hall–Kier alpha value is -1.32. The minimum atomic E-state index is 0.811. The highest BCUT2D eigenvalue weighted by Gasteiger charge is 2.22. The number of aromatic nitrogens is 2. The third-order valence-electron chi connectivity index (χ3n) is 4.12. The first kappa shape index (κ1) is 14.1. The Morgan fingerprint density at radius 3 is 2.74 bits per heavy atom. The predicted molar refractivity (Wildman–Crippen MR) is 80.9 cm³/mol. The quantitative estimate of drug-likeness (QED) is 0.905. The molecule has 1 saturated heterocycles. The first-order valence-electron chi connectivity index (χ1n) is 7.49. The van der Waals surface area contributed by atoms with Gasteiger partial charge in [-0.2, -0.15) is 0 Å². The molecule has 1 aliphatic heterocycles. The minimum Gasteiger partial charge on any atom is -0.373 e. The molecule has 1 atom stereocenters. The van der Waals surface area contributed by atoms with Crippen LogP contribution in [-0.2, 0) is 6.42 Å². The van der Waals surface area contributed by atoms with Gasteiger partial charge in [-0.25, -0.2) is 9.97 Å². The summed E-state index contributed by atoms with van der Waals surface area (Å²) < 4.78 is 0. The number of rotatable bonds is 4. The summed E-state index contributed by atoms with van der Waals surface area (Å²) in [7, 11) is 1.93. The van der Waals surface area contributed by atoms with Crippen molar-refractivity contribution in [2.45, 2.75) is 46.5 Å². The number of hydrogen-bond donors (Lipinski definition) is 1. The Kier molecular flexibility index (Phi) is 4.61. The minimum absolute atomic E-state index is 0.811. The molecule has 1 aromatic heterocycles. The lowest BCUT2D eigenvalue weighted by Gasteiger charge is -2.34. The molecule has 0 aromatic carbocycles. The van der Waals surface area contributed by atoms with Crippen LogP contribution < -0.4 is 10.2 Å². The zero-order valence-electron chi connectivity index (χ0n) is 12.7. The Morgan fingerprint density at radius 2 is 2.11 bits per heavy atom. The highest BCUT2D eigenvalue weighted by atomic mass is 15.2. The van der Waals surface area contributed by atoms with E-state index in [0.717, 1.165) is 42.9 Å². The molecule has 0 amide bonds. The van der Waals surface area contributed by atoms with Gasteiger partial charge in [-0.05, 0) is 25.7 Å². The molecule has 4 nitrogen and oxygen atoms in total. The Bertz CT molecular complexity index is 430. The topological polar surface area (TPSA) is 41.1 Å². The zero-order chi connectivity index (χ0) is 13.8. The molecule has 0 bridgehead atoms. The molecule has 0 spiro atoms. The summed E-state index contributed by atoms with van der Waals surface area (Å²) in [4.78, 5) is 11.8. The number of hydrogen-bond acceptors (Lipinski definition) is 4. The fraction of sp³-hybridized carbons (Fsp3) is 0.733. The van der Waals surface area contributed by atoms with Crippen molar-refractivity contribution in [2.75, 3.05) is 30.4 Å². The van der Waals surface area contributed by atoms with Gasteiger partial charge < -0.3 is 10.2 Å². The first-order valence-corrected chi connectivity index (χ1v) is 7.49. The van der Waals surface area contributed by atoms with Crippen molar-refractivity contribution in [1.82, 2.24) is 9.97 Å². The van der Waals surface area contributed by atoms with Gasteiger partial charge in [0.1, 0.15) is 17.5 Å². The molecular weight excluding hydrogens is 236 g/mol. The van der Waals surface area contributed by atoms with Gasteiger partial charge in [0.15, 0.2) is 0 Å². The summed E-state index contributed by atoms with van der Waals surface area (Å²) >= 11 is 0. The SMILES string of the molecule is CCc1nc(NC)c(C)c(N2CCCC(CC)C2)n1. The Morgan fingerprint density at radius 1 is 1.32 bits per heavy atom. The van der Waals surface area contributed by atoms with E-state index >= 15 is 0 Å². The first-order chi connectivity index (χ1) is 9.19. The Balaban J connectivity index is 2.32. The molecule has 0 saturated carbocycles. The maximum absolute atomic E-state index is 4.77. The molecule has 1 fully saturated rings. The zero-order valence-corrected chi connectivity index (χ0v) is 12.7. The van der Waals surface area contributed by atoms with Crippen molar-refractivity contribution >= 4 is 11.6 Å². The van der Waals surface area contributed by atoms with E-state index in [2.05, 4.69) is 36.0 Å². The highest BCUT2D eigenvalue weighted by Crippen LogP contribution is 2.28. The summed E-state index contributed by atoms with van der Waals surface area (Å²) in [6.07, 6.45) is 4.78. The lowest BCUT2D eigenvalue weighted by atomic mass is 9.95. The number of nitrogens with zero attached hydrogens (tertiary/aromatic N) is 3. The van der Waals surface area contributed by atoms with Crippen LogP contribution in [0.4, 0.5) is 11.6 Å². The average molecular weight is 262 g/mol. The van der Waals surface area contributed by atoms with Gasteiger partial charge in [0.05, 0.1) is 0 Å². The van der Waals surface area contributed by atoms with Gasteiger partial charge in [-0.1, -0.05) is 20.3 Å². The van der Waals surface area contributed by atoms with E-state index in [4.69, 9.17) is 4.98 Å². The second-order valence-corrected chi connectivity index (χ2v) is 5.40. The van der Waals surface area contributed by atoms with Gasteiger partial charge in [-0.3, -0.25) is 0 Å². The number of piperidine rings is 1. The van der Waals surface area contributed by atoms with Crippen molar-refractivity contribution < 1.29 is 0 Å². The summed E-state index contributed by atoms with van der Waals surface area (Å²) in [6.45, 7) is 8.79.